The molecule has 0 aliphatic carbocycles. The summed E-state index contributed by atoms with van der Waals surface area (Å²) >= 11 is 0. The van der Waals surface area contributed by atoms with E-state index in [1.54, 1.807) is 12.4 Å². The van der Waals surface area contributed by atoms with Gasteiger partial charge in [-0.25, -0.2) is 0 Å². The van der Waals surface area contributed by atoms with Gasteiger partial charge >= 0.3 is 0 Å². The Morgan fingerprint density at radius 1 is 1.11 bits per heavy atom. The predicted molar refractivity (Wildman–Crippen MR) is 66.0 cm³/mol. The lowest BCUT2D eigenvalue weighted by Gasteiger charge is -2.18. The minimum atomic E-state index is 0.494. The molecule has 1 aromatic carbocycles. The molecule has 3 rings (SSSR count). The van der Waals surface area contributed by atoms with Gasteiger partial charge in [0.1, 0.15) is 25.6 Å². The summed E-state index contributed by atoms with van der Waals surface area (Å²) in [7, 11) is 0. The number of hydrogen-bond donors (Lipinski definition) is 0. The molecule has 2 aromatic rings. The largest absolute Gasteiger partial charge is 0.489 e. The van der Waals surface area contributed by atoms with Crippen molar-refractivity contribution in [3.8, 4) is 17.2 Å². The summed E-state index contributed by atoms with van der Waals surface area (Å²) in [5, 5.41) is 0. The van der Waals surface area contributed by atoms with Crippen molar-refractivity contribution in [2.45, 2.75) is 6.61 Å². The van der Waals surface area contributed by atoms with Crippen LogP contribution in [0.5, 0.6) is 17.2 Å². The zero-order valence-corrected chi connectivity index (χ0v) is 9.83. The molecule has 0 spiro atoms. The quantitative estimate of drug-likeness (QED) is 0.830. The maximum absolute atomic E-state index is 5.68. The van der Waals surface area contributed by atoms with E-state index in [1.165, 1.54) is 0 Å². The smallest absolute Gasteiger partial charge is 0.165 e. The molecule has 4 heteroatoms. The highest BCUT2D eigenvalue weighted by atomic mass is 16.6. The van der Waals surface area contributed by atoms with Gasteiger partial charge in [0.2, 0.25) is 0 Å². The summed E-state index contributed by atoms with van der Waals surface area (Å²) in [6.45, 7) is 1.68. The fourth-order valence-electron chi connectivity index (χ4n) is 1.76. The fourth-order valence-corrected chi connectivity index (χ4v) is 1.76. The third-order valence-electron chi connectivity index (χ3n) is 2.64. The van der Waals surface area contributed by atoms with Crippen LogP contribution in [0.25, 0.3) is 0 Å². The van der Waals surface area contributed by atoms with E-state index < -0.39 is 0 Å². The summed E-state index contributed by atoms with van der Waals surface area (Å²) in [4.78, 5) is 4.04. The molecule has 1 aliphatic rings. The van der Waals surface area contributed by atoms with Crippen LogP contribution in [0, 0.1) is 0 Å². The van der Waals surface area contributed by atoms with Crippen molar-refractivity contribution in [3.63, 3.8) is 0 Å². The average Bonchev–Trinajstić information content (AvgIpc) is 2.46. The van der Waals surface area contributed by atoms with E-state index in [1.807, 2.05) is 30.3 Å². The van der Waals surface area contributed by atoms with Gasteiger partial charge in [0, 0.05) is 24.0 Å². The second kappa shape index (κ2) is 4.96. The number of aromatic nitrogens is 1. The first-order valence-corrected chi connectivity index (χ1v) is 5.83. The summed E-state index contributed by atoms with van der Waals surface area (Å²) in [5.41, 5.74) is 1.03. The van der Waals surface area contributed by atoms with E-state index >= 15 is 0 Å². The van der Waals surface area contributed by atoms with Crippen LogP contribution >= 0.6 is 0 Å². The van der Waals surface area contributed by atoms with Gasteiger partial charge < -0.3 is 14.2 Å². The van der Waals surface area contributed by atoms with Gasteiger partial charge in [-0.2, -0.15) is 0 Å². The molecule has 0 saturated heterocycles. The molecule has 1 aromatic heterocycles. The average molecular weight is 243 g/mol. The molecular formula is C14H13NO3. The Kier molecular flexibility index (Phi) is 3.00. The molecule has 2 heterocycles. The Bertz CT molecular complexity index is 528. The van der Waals surface area contributed by atoms with Gasteiger partial charge in [0.05, 0.1) is 0 Å². The SMILES string of the molecule is c1cncc(COc2ccc3c(c2)OCCO3)c1. The third kappa shape index (κ3) is 2.37. The number of nitrogens with zero attached hydrogens (tertiary/aromatic N) is 1. The molecule has 1 aliphatic heterocycles. The van der Waals surface area contributed by atoms with Crippen molar-refractivity contribution >= 4 is 0 Å². The standard InChI is InChI=1S/C14H13NO3/c1-2-11(9-15-5-1)10-18-12-3-4-13-14(8-12)17-7-6-16-13/h1-5,8-9H,6-7,10H2. The number of benzene rings is 1. The lowest BCUT2D eigenvalue weighted by atomic mass is 10.2. The Balaban J connectivity index is 1.70. The maximum atomic E-state index is 5.68. The van der Waals surface area contributed by atoms with Crippen LogP contribution in [0.15, 0.2) is 42.7 Å². The van der Waals surface area contributed by atoms with Gasteiger partial charge in [-0.15, -0.1) is 0 Å². The van der Waals surface area contributed by atoms with Crippen molar-refractivity contribution in [2.24, 2.45) is 0 Å². The fraction of sp³-hybridized carbons (Fsp3) is 0.214. The second-order valence-electron chi connectivity index (χ2n) is 3.96. The molecule has 0 unspecified atom stereocenters. The van der Waals surface area contributed by atoms with Crippen LogP contribution in [0.2, 0.25) is 0 Å². The molecule has 0 amide bonds. The lowest BCUT2D eigenvalue weighted by Crippen LogP contribution is -2.15. The van der Waals surface area contributed by atoms with Crippen LogP contribution in [-0.4, -0.2) is 18.2 Å². The van der Waals surface area contributed by atoms with E-state index in [4.69, 9.17) is 14.2 Å². The molecule has 0 fully saturated rings. The highest BCUT2D eigenvalue weighted by molar-refractivity contribution is 5.46. The van der Waals surface area contributed by atoms with E-state index in [2.05, 4.69) is 4.98 Å². The molecule has 0 radical (unpaired) electrons. The van der Waals surface area contributed by atoms with Gasteiger partial charge in [0.25, 0.3) is 0 Å². The normalized spacial score (nSPS) is 13.1. The minimum absolute atomic E-state index is 0.494. The van der Waals surface area contributed by atoms with E-state index in [0.717, 1.165) is 22.8 Å². The number of rotatable bonds is 3. The Morgan fingerprint density at radius 3 is 2.83 bits per heavy atom. The predicted octanol–water partition coefficient (Wildman–Crippen LogP) is 2.43. The van der Waals surface area contributed by atoms with Crippen molar-refractivity contribution in [1.29, 1.82) is 0 Å². The summed E-state index contributed by atoms with van der Waals surface area (Å²) < 4.78 is 16.6. The molecule has 92 valence electrons. The molecule has 0 atom stereocenters. The molecule has 0 saturated carbocycles. The Morgan fingerprint density at radius 2 is 2.00 bits per heavy atom. The number of ether oxygens (including phenoxy) is 3. The first-order valence-electron chi connectivity index (χ1n) is 5.83. The van der Waals surface area contributed by atoms with Gasteiger partial charge in [-0.1, -0.05) is 6.07 Å². The summed E-state index contributed by atoms with van der Waals surface area (Å²) in [5.74, 6) is 2.28. The summed E-state index contributed by atoms with van der Waals surface area (Å²) in [6.07, 6.45) is 3.53. The molecule has 18 heavy (non-hydrogen) atoms. The van der Waals surface area contributed by atoms with Gasteiger partial charge in [0.15, 0.2) is 11.5 Å². The van der Waals surface area contributed by atoms with Gasteiger partial charge in [-0.05, 0) is 18.2 Å². The maximum Gasteiger partial charge on any atom is 0.165 e. The molecule has 4 nitrogen and oxygen atoms in total. The van der Waals surface area contributed by atoms with Crippen LogP contribution in [-0.2, 0) is 6.61 Å². The molecule has 0 bridgehead atoms. The van der Waals surface area contributed by atoms with Crippen LogP contribution in [0.1, 0.15) is 5.56 Å². The Hall–Kier alpha value is -2.23. The minimum Gasteiger partial charge on any atom is -0.489 e. The van der Waals surface area contributed by atoms with Crippen molar-refractivity contribution < 1.29 is 14.2 Å². The van der Waals surface area contributed by atoms with E-state index in [-0.39, 0.29) is 0 Å². The van der Waals surface area contributed by atoms with Crippen molar-refractivity contribution in [3.05, 3.63) is 48.3 Å². The molecule has 0 N–H and O–H groups in total. The van der Waals surface area contributed by atoms with Crippen LogP contribution < -0.4 is 14.2 Å². The third-order valence-corrected chi connectivity index (χ3v) is 2.64. The highest BCUT2D eigenvalue weighted by Crippen LogP contribution is 2.33. The van der Waals surface area contributed by atoms with Crippen LogP contribution in [0.3, 0.4) is 0 Å². The van der Waals surface area contributed by atoms with Crippen molar-refractivity contribution in [1.82, 2.24) is 4.98 Å². The van der Waals surface area contributed by atoms with Crippen molar-refractivity contribution in [2.75, 3.05) is 13.2 Å². The van der Waals surface area contributed by atoms with Gasteiger partial charge in [-0.3, -0.25) is 4.98 Å². The summed E-state index contributed by atoms with van der Waals surface area (Å²) in [6, 6.07) is 9.47. The zero-order chi connectivity index (χ0) is 12.2. The number of hydrogen-bond acceptors (Lipinski definition) is 4. The lowest BCUT2D eigenvalue weighted by molar-refractivity contribution is 0.170. The van der Waals surface area contributed by atoms with Crippen LogP contribution in [0.4, 0.5) is 0 Å². The first kappa shape index (κ1) is 10.9. The van der Waals surface area contributed by atoms with E-state index in [9.17, 15) is 0 Å². The second-order valence-corrected chi connectivity index (χ2v) is 3.96. The topological polar surface area (TPSA) is 40.6 Å². The monoisotopic (exact) mass is 243 g/mol. The highest BCUT2D eigenvalue weighted by Gasteiger charge is 2.12. The Labute approximate surface area is 105 Å². The first-order chi connectivity index (χ1) is 8.92. The number of pyridine rings is 1. The number of fused-ring (bicyclic) bond motifs is 1. The zero-order valence-electron chi connectivity index (χ0n) is 9.83. The molecular weight excluding hydrogens is 230 g/mol. The van der Waals surface area contributed by atoms with E-state index in [0.29, 0.717) is 19.8 Å².